The molecule has 0 aliphatic heterocycles. The Balaban J connectivity index is 2.45. The molecule has 0 aliphatic carbocycles. The standard InChI is InChI=1S/C16H18N2O3/c1-4-21-15-7-6-13(12(3)19)9-14(15)10-18-16(20)8-5-11(2)17-18/h5-9H,4,10H2,1-3H3. The van der Waals surface area contributed by atoms with Gasteiger partial charge >= 0.3 is 0 Å². The molecule has 2 rings (SSSR count). The normalized spacial score (nSPS) is 10.4. The van der Waals surface area contributed by atoms with Crippen molar-refractivity contribution < 1.29 is 9.53 Å². The van der Waals surface area contributed by atoms with Crippen LogP contribution in [0.3, 0.4) is 0 Å². The van der Waals surface area contributed by atoms with Crippen LogP contribution in [0.2, 0.25) is 0 Å². The maximum atomic E-state index is 11.9. The van der Waals surface area contributed by atoms with Gasteiger partial charge < -0.3 is 4.74 Å². The highest BCUT2D eigenvalue weighted by atomic mass is 16.5. The van der Waals surface area contributed by atoms with Gasteiger partial charge in [-0.3, -0.25) is 9.59 Å². The van der Waals surface area contributed by atoms with Crippen molar-refractivity contribution in [2.75, 3.05) is 6.61 Å². The molecule has 0 spiro atoms. The Morgan fingerprint density at radius 2 is 2.05 bits per heavy atom. The summed E-state index contributed by atoms with van der Waals surface area (Å²) in [4.78, 5) is 23.4. The van der Waals surface area contributed by atoms with Crippen molar-refractivity contribution in [2.45, 2.75) is 27.3 Å². The van der Waals surface area contributed by atoms with Gasteiger partial charge in [0, 0.05) is 17.2 Å². The number of ether oxygens (including phenoxy) is 1. The second kappa shape index (κ2) is 6.35. The van der Waals surface area contributed by atoms with E-state index in [0.29, 0.717) is 17.9 Å². The van der Waals surface area contributed by atoms with Crippen molar-refractivity contribution in [3.05, 3.63) is 57.5 Å². The monoisotopic (exact) mass is 286 g/mol. The highest BCUT2D eigenvalue weighted by Gasteiger charge is 2.10. The Morgan fingerprint density at radius 3 is 2.71 bits per heavy atom. The smallest absolute Gasteiger partial charge is 0.267 e. The van der Waals surface area contributed by atoms with E-state index in [1.165, 1.54) is 17.7 Å². The molecule has 1 aromatic heterocycles. The fraction of sp³-hybridized carbons (Fsp3) is 0.312. The van der Waals surface area contributed by atoms with Crippen LogP contribution in [0.15, 0.2) is 35.1 Å². The number of nitrogens with zero attached hydrogens (tertiary/aromatic N) is 2. The third kappa shape index (κ3) is 3.56. The molecular formula is C16H18N2O3. The Hall–Kier alpha value is -2.43. The van der Waals surface area contributed by atoms with Crippen molar-refractivity contribution in [1.29, 1.82) is 0 Å². The van der Waals surface area contributed by atoms with E-state index in [0.717, 1.165) is 11.3 Å². The first-order valence-electron chi connectivity index (χ1n) is 6.82. The summed E-state index contributed by atoms with van der Waals surface area (Å²) >= 11 is 0. The van der Waals surface area contributed by atoms with E-state index in [-0.39, 0.29) is 17.9 Å². The predicted molar refractivity (Wildman–Crippen MR) is 80.0 cm³/mol. The van der Waals surface area contributed by atoms with Crippen LogP contribution in [0.5, 0.6) is 5.75 Å². The maximum Gasteiger partial charge on any atom is 0.267 e. The molecule has 0 aliphatic rings. The van der Waals surface area contributed by atoms with Crippen LogP contribution in [-0.4, -0.2) is 22.2 Å². The first-order chi connectivity index (χ1) is 10.0. The summed E-state index contributed by atoms with van der Waals surface area (Å²) in [6.07, 6.45) is 0. The molecule has 1 aromatic carbocycles. The van der Waals surface area contributed by atoms with Gasteiger partial charge in [-0.2, -0.15) is 5.10 Å². The van der Waals surface area contributed by atoms with Crippen LogP contribution < -0.4 is 10.3 Å². The van der Waals surface area contributed by atoms with E-state index < -0.39 is 0 Å². The summed E-state index contributed by atoms with van der Waals surface area (Å²) in [6, 6.07) is 8.40. The second-order valence-corrected chi connectivity index (χ2v) is 4.78. The number of ketones is 1. The van der Waals surface area contributed by atoms with Gasteiger partial charge in [0.2, 0.25) is 0 Å². The van der Waals surface area contributed by atoms with Gasteiger partial charge in [-0.1, -0.05) is 0 Å². The summed E-state index contributed by atoms with van der Waals surface area (Å²) < 4.78 is 6.93. The number of Topliss-reactive ketones (excluding diaryl/α,β-unsaturated/α-hetero) is 1. The third-order valence-electron chi connectivity index (χ3n) is 3.09. The number of carbonyl (C=O) groups is 1. The lowest BCUT2D eigenvalue weighted by Crippen LogP contribution is -2.23. The van der Waals surface area contributed by atoms with Crippen molar-refractivity contribution in [3.8, 4) is 5.75 Å². The number of hydrogen-bond acceptors (Lipinski definition) is 4. The molecule has 2 aromatic rings. The number of hydrogen-bond donors (Lipinski definition) is 0. The molecule has 0 bridgehead atoms. The average molecular weight is 286 g/mol. The minimum atomic E-state index is -0.184. The minimum Gasteiger partial charge on any atom is -0.494 e. The minimum absolute atomic E-state index is 0.0242. The number of benzene rings is 1. The Morgan fingerprint density at radius 1 is 1.29 bits per heavy atom. The van der Waals surface area contributed by atoms with E-state index >= 15 is 0 Å². The number of aryl methyl sites for hydroxylation is 1. The number of rotatable bonds is 5. The fourth-order valence-electron chi connectivity index (χ4n) is 2.04. The van der Waals surface area contributed by atoms with E-state index in [2.05, 4.69) is 5.10 Å². The molecule has 0 unspecified atom stereocenters. The van der Waals surface area contributed by atoms with Gasteiger partial charge in [0.25, 0.3) is 5.56 Å². The molecule has 5 nitrogen and oxygen atoms in total. The lowest BCUT2D eigenvalue weighted by molar-refractivity contribution is 0.101. The van der Waals surface area contributed by atoms with Crippen LogP contribution in [0.25, 0.3) is 0 Å². The zero-order valence-electron chi connectivity index (χ0n) is 12.4. The average Bonchev–Trinajstić information content (AvgIpc) is 2.44. The summed E-state index contributed by atoms with van der Waals surface area (Å²) in [6.45, 7) is 6.02. The van der Waals surface area contributed by atoms with Gasteiger partial charge in [-0.25, -0.2) is 4.68 Å². The number of aromatic nitrogens is 2. The summed E-state index contributed by atoms with van der Waals surface area (Å²) in [5, 5.41) is 4.21. The zero-order valence-corrected chi connectivity index (χ0v) is 12.4. The van der Waals surface area contributed by atoms with Gasteiger partial charge in [0.1, 0.15) is 5.75 Å². The molecule has 0 N–H and O–H groups in total. The summed E-state index contributed by atoms with van der Waals surface area (Å²) in [5.74, 6) is 0.640. The van der Waals surface area contributed by atoms with Crippen molar-refractivity contribution in [1.82, 2.24) is 9.78 Å². The van der Waals surface area contributed by atoms with Gasteiger partial charge in [0.15, 0.2) is 5.78 Å². The van der Waals surface area contributed by atoms with Crippen LogP contribution in [-0.2, 0) is 6.54 Å². The second-order valence-electron chi connectivity index (χ2n) is 4.78. The van der Waals surface area contributed by atoms with Crippen molar-refractivity contribution >= 4 is 5.78 Å². The van der Waals surface area contributed by atoms with Gasteiger partial charge in [-0.15, -0.1) is 0 Å². The predicted octanol–water partition coefficient (Wildman–Crippen LogP) is 2.20. The highest BCUT2D eigenvalue weighted by molar-refractivity contribution is 5.94. The zero-order chi connectivity index (χ0) is 15.4. The van der Waals surface area contributed by atoms with Crippen LogP contribution in [0, 0.1) is 6.92 Å². The lowest BCUT2D eigenvalue weighted by Gasteiger charge is -2.12. The largest absolute Gasteiger partial charge is 0.494 e. The Kier molecular flexibility index (Phi) is 4.52. The van der Waals surface area contributed by atoms with Crippen LogP contribution in [0.1, 0.15) is 35.5 Å². The molecule has 5 heteroatoms. The molecule has 0 saturated heterocycles. The Bertz CT molecular complexity index is 720. The molecule has 0 fully saturated rings. The fourth-order valence-corrected chi connectivity index (χ4v) is 2.04. The summed E-state index contributed by atoms with van der Waals surface area (Å²) in [7, 11) is 0. The quantitative estimate of drug-likeness (QED) is 0.791. The van der Waals surface area contributed by atoms with Crippen molar-refractivity contribution in [2.24, 2.45) is 0 Å². The first kappa shape index (κ1) is 15.0. The van der Waals surface area contributed by atoms with Crippen LogP contribution >= 0.6 is 0 Å². The molecule has 0 saturated carbocycles. The molecule has 1 heterocycles. The van der Waals surface area contributed by atoms with E-state index in [4.69, 9.17) is 4.74 Å². The van der Waals surface area contributed by atoms with E-state index in [9.17, 15) is 9.59 Å². The molecule has 0 atom stereocenters. The maximum absolute atomic E-state index is 11.9. The Labute approximate surface area is 123 Å². The SMILES string of the molecule is CCOc1ccc(C(C)=O)cc1Cn1nc(C)ccc1=O. The highest BCUT2D eigenvalue weighted by Crippen LogP contribution is 2.21. The molecular weight excluding hydrogens is 268 g/mol. The van der Waals surface area contributed by atoms with E-state index in [1.54, 1.807) is 24.3 Å². The lowest BCUT2D eigenvalue weighted by atomic mass is 10.1. The molecule has 110 valence electrons. The molecule has 0 amide bonds. The van der Waals surface area contributed by atoms with Crippen LogP contribution in [0.4, 0.5) is 0 Å². The first-order valence-corrected chi connectivity index (χ1v) is 6.82. The van der Waals surface area contributed by atoms with Crippen molar-refractivity contribution in [3.63, 3.8) is 0 Å². The van der Waals surface area contributed by atoms with Gasteiger partial charge in [-0.05, 0) is 45.0 Å². The summed E-state index contributed by atoms with van der Waals surface area (Å²) in [5.41, 5.74) is 1.94. The van der Waals surface area contributed by atoms with Gasteiger partial charge in [0.05, 0.1) is 18.8 Å². The molecule has 0 radical (unpaired) electrons. The molecule has 21 heavy (non-hydrogen) atoms. The number of carbonyl (C=O) groups excluding carboxylic acids is 1. The topological polar surface area (TPSA) is 61.2 Å². The third-order valence-corrected chi connectivity index (χ3v) is 3.09. The van der Waals surface area contributed by atoms with E-state index in [1.807, 2.05) is 13.8 Å².